The minimum Gasteiger partial charge on any atom is -0.350 e. The lowest BCUT2D eigenvalue weighted by Gasteiger charge is -2.14. The van der Waals surface area contributed by atoms with Crippen LogP contribution in [0.3, 0.4) is 0 Å². The summed E-state index contributed by atoms with van der Waals surface area (Å²) < 4.78 is 25.0. The molecule has 0 bridgehead atoms. The number of carbonyl (C=O) groups is 1. The molecule has 0 fully saturated rings. The van der Waals surface area contributed by atoms with E-state index in [2.05, 4.69) is 12.2 Å². The number of benzene rings is 2. The van der Waals surface area contributed by atoms with Crippen LogP contribution < -0.4 is 5.32 Å². The van der Waals surface area contributed by atoms with Crippen LogP contribution >= 0.6 is 0 Å². The predicted molar refractivity (Wildman–Crippen MR) is 105 cm³/mol. The van der Waals surface area contributed by atoms with Gasteiger partial charge in [0, 0.05) is 11.6 Å². The molecule has 0 aromatic heterocycles. The monoisotopic (exact) mass is 373 g/mol. The van der Waals surface area contributed by atoms with Gasteiger partial charge < -0.3 is 5.32 Å². The molecule has 2 aromatic rings. The Morgan fingerprint density at radius 1 is 1.04 bits per heavy atom. The first kappa shape index (κ1) is 20.2. The van der Waals surface area contributed by atoms with Crippen molar-refractivity contribution in [3.63, 3.8) is 0 Å². The lowest BCUT2D eigenvalue weighted by atomic mass is 10.1. The van der Waals surface area contributed by atoms with Crippen molar-refractivity contribution < 1.29 is 13.2 Å². The molecule has 0 aliphatic heterocycles. The fraction of sp³-hybridized carbons (Fsp3) is 0.381. The SMILES string of the molecule is CCCCC[C@H](C)NC(=O)c1cccc(CS(=O)(=O)c2ccccc2)c1. The smallest absolute Gasteiger partial charge is 0.251 e. The lowest BCUT2D eigenvalue weighted by molar-refractivity contribution is 0.0938. The van der Waals surface area contributed by atoms with Crippen LogP contribution in [0.5, 0.6) is 0 Å². The highest BCUT2D eigenvalue weighted by Crippen LogP contribution is 2.17. The molecule has 2 aromatic carbocycles. The topological polar surface area (TPSA) is 63.2 Å². The Labute approximate surface area is 156 Å². The van der Waals surface area contributed by atoms with Crippen molar-refractivity contribution in [2.24, 2.45) is 0 Å². The van der Waals surface area contributed by atoms with Gasteiger partial charge >= 0.3 is 0 Å². The third-order valence-electron chi connectivity index (χ3n) is 4.27. The molecule has 0 spiro atoms. The Hall–Kier alpha value is -2.14. The molecule has 0 unspecified atom stereocenters. The summed E-state index contributed by atoms with van der Waals surface area (Å²) >= 11 is 0. The number of sulfone groups is 1. The molecular formula is C21H27NO3S. The summed E-state index contributed by atoms with van der Waals surface area (Å²) in [7, 11) is -3.43. The third kappa shape index (κ3) is 5.99. The van der Waals surface area contributed by atoms with Gasteiger partial charge in [-0.15, -0.1) is 0 Å². The van der Waals surface area contributed by atoms with Crippen molar-refractivity contribution in [1.29, 1.82) is 0 Å². The van der Waals surface area contributed by atoms with E-state index < -0.39 is 9.84 Å². The van der Waals surface area contributed by atoms with Crippen LogP contribution in [0.25, 0.3) is 0 Å². The van der Waals surface area contributed by atoms with Crippen molar-refractivity contribution in [1.82, 2.24) is 5.32 Å². The molecule has 0 aliphatic carbocycles. The van der Waals surface area contributed by atoms with Gasteiger partial charge in [-0.2, -0.15) is 0 Å². The van der Waals surface area contributed by atoms with Crippen molar-refractivity contribution in [3.8, 4) is 0 Å². The first-order chi connectivity index (χ1) is 12.4. The van der Waals surface area contributed by atoms with Crippen molar-refractivity contribution in [3.05, 3.63) is 65.7 Å². The second-order valence-electron chi connectivity index (χ2n) is 6.64. The fourth-order valence-corrected chi connectivity index (χ4v) is 4.17. The average molecular weight is 374 g/mol. The largest absolute Gasteiger partial charge is 0.350 e. The Balaban J connectivity index is 2.04. The van der Waals surface area contributed by atoms with E-state index in [0.717, 1.165) is 25.7 Å². The van der Waals surface area contributed by atoms with E-state index in [1.165, 1.54) is 0 Å². The summed E-state index contributed by atoms with van der Waals surface area (Å²) in [6.45, 7) is 4.15. The molecule has 0 aliphatic rings. The van der Waals surface area contributed by atoms with Gasteiger partial charge in [0.25, 0.3) is 5.91 Å². The molecule has 1 atom stereocenters. The Morgan fingerprint density at radius 3 is 2.46 bits per heavy atom. The van der Waals surface area contributed by atoms with Gasteiger partial charge in [-0.25, -0.2) is 8.42 Å². The van der Waals surface area contributed by atoms with Crippen LogP contribution in [0.4, 0.5) is 0 Å². The summed E-state index contributed by atoms with van der Waals surface area (Å²) in [5.74, 6) is -0.280. The summed E-state index contributed by atoms with van der Waals surface area (Å²) in [6, 6.07) is 15.3. The van der Waals surface area contributed by atoms with E-state index in [-0.39, 0.29) is 17.7 Å². The molecule has 1 N–H and O–H groups in total. The molecule has 5 heteroatoms. The molecule has 0 saturated carbocycles. The van der Waals surface area contributed by atoms with E-state index in [4.69, 9.17) is 0 Å². The van der Waals surface area contributed by atoms with Gasteiger partial charge in [-0.05, 0) is 43.2 Å². The van der Waals surface area contributed by atoms with Gasteiger partial charge in [-0.1, -0.05) is 56.5 Å². The van der Waals surface area contributed by atoms with E-state index in [1.807, 2.05) is 6.92 Å². The summed E-state index contributed by atoms with van der Waals surface area (Å²) in [6.07, 6.45) is 4.35. The zero-order chi connectivity index (χ0) is 19.0. The number of unbranched alkanes of at least 4 members (excludes halogenated alkanes) is 2. The molecule has 140 valence electrons. The van der Waals surface area contributed by atoms with Crippen LogP contribution in [0.2, 0.25) is 0 Å². The van der Waals surface area contributed by atoms with E-state index in [0.29, 0.717) is 16.0 Å². The van der Waals surface area contributed by atoms with Gasteiger partial charge in [-0.3, -0.25) is 4.79 Å². The van der Waals surface area contributed by atoms with Crippen molar-refractivity contribution in [2.75, 3.05) is 0 Å². The van der Waals surface area contributed by atoms with Crippen molar-refractivity contribution >= 4 is 15.7 Å². The Morgan fingerprint density at radius 2 is 1.77 bits per heavy atom. The average Bonchev–Trinajstić information content (AvgIpc) is 2.62. The number of nitrogens with one attached hydrogen (secondary N) is 1. The Kier molecular flexibility index (Phi) is 7.39. The molecule has 26 heavy (non-hydrogen) atoms. The second-order valence-corrected chi connectivity index (χ2v) is 8.63. The van der Waals surface area contributed by atoms with Crippen molar-refractivity contribution in [2.45, 2.75) is 56.2 Å². The molecule has 0 saturated heterocycles. The minimum absolute atomic E-state index is 0.103. The molecule has 0 radical (unpaired) electrons. The Bertz CT molecular complexity index is 816. The fourth-order valence-electron chi connectivity index (χ4n) is 2.81. The third-order valence-corrected chi connectivity index (χ3v) is 5.97. The molecular weight excluding hydrogens is 346 g/mol. The van der Waals surface area contributed by atoms with E-state index in [1.54, 1.807) is 54.6 Å². The first-order valence-corrected chi connectivity index (χ1v) is 10.7. The number of amides is 1. The van der Waals surface area contributed by atoms with Gasteiger partial charge in [0.2, 0.25) is 0 Å². The maximum atomic E-state index is 12.5. The quantitative estimate of drug-likeness (QED) is 0.664. The lowest BCUT2D eigenvalue weighted by Crippen LogP contribution is -2.32. The number of rotatable bonds is 9. The van der Waals surface area contributed by atoms with Gasteiger partial charge in [0.05, 0.1) is 10.6 Å². The predicted octanol–water partition coefficient (Wildman–Crippen LogP) is 4.36. The van der Waals surface area contributed by atoms with Crippen LogP contribution in [0, 0.1) is 0 Å². The minimum atomic E-state index is -3.43. The number of hydrogen-bond acceptors (Lipinski definition) is 3. The maximum absolute atomic E-state index is 12.5. The highest BCUT2D eigenvalue weighted by atomic mass is 32.2. The molecule has 2 rings (SSSR count). The summed E-state index contributed by atoms with van der Waals surface area (Å²) in [5, 5.41) is 2.99. The number of hydrogen-bond donors (Lipinski definition) is 1. The molecule has 1 amide bonds. The number of carbonyl (C=O) groups excluding carboxylic acids is 1. The van der Waals surface area contributed by atoms with Crippen LogP contribution in [0.1, 0.15) is 55.5 Å². The molecule has 4 nitrogen and oxygen atoms in total. The zero-order valence-electron chi connectivity index (χ0n) is 15.4. The van der Waals surface area contributed by atoms with E-state index >= 15 is 0 Å². The first-order valence-electron chi connectivity index (χ1n) is 9.10. The highest BCUT2D eigenvalue weighted by molar-refractivity contribution is 7.90. The van der Waals surface area contributed by atoms with Crippen LogP contribution in [-0.4, -0.2) is 20.4 Å². The van der Waals surface area contributed by atoms with Gasteiger partial charge in [0.15, 0.2) is 9.84 Å². The maximum Gasteiger partial charge on any atom is 0.251 e. The van der Waals surface area contributed by atoms with E-state index in [9.17, 15) is 13.2 Å². The van der Waals surface area contributed by atoms with Crippen LogP contribution in [-0.2, 0) is 15.6 Å². The summed E-state index contributed by atoms with van der Waals surface area (Å²) in [4.78, 5) is 12.7. The van der Waals surface area contributed by atoms with Crippen LogP contribution in [0.15, 0.2) is 59.5 Å². The zero-order valence-corrected chi connectivity index (χ0v) is 16.3. The molecule has 0 heterocycles. The normalized spacial score (nSPS) is 12.5. The summed E-state index contributed by atoms with van der Waals surface area (Å²) in [5.41, 5.74) is 1.10. The standard InChI is InChI=1S/C21H27NO3S/c1-3-4-6-10-17(2)22-21(23)19-12-9-11-18(15-19)16-26(24,25)20-13-7-5-8-14-20/h5,7-9,11-15,17H,3-4,6,10,16H2,1-2H3,(H,22,23)/t17-/m0/s1. The highest BCUT2D eigenvalue weighted by Gasteiger charge is 2.16. The van der Waals surface area contributed by atoms with Gasteiger partial charge in [0.1, 0.15) is 0 Å². The second kappa shape index (κ2) is 9.53.